The van der Waals surface area contributed by atoms with Gasteiger partial charge < -0.3 is 16.4 Å². The van der Waals surface area contributed by atoms with Crippen molar-refractivity contribution >= 4 is 5.91 Å². The van der Waals surface area contributed by atoms with Crippen LogP contribution in [0, 0.1) is 0 Å². The molecule has 1 saturated heterocycles. The summed E-state index contributed by atoms with van der Waals surface area (Å²) in [7, 11) is 0. The number of carbonyl (C=O) groups is 1. The summed E-state index contributed by atoms with van der Waals surface area (Å²) in [6.45, 7) is 3.06. The fourth-order valence-electron chi connectivity index (χ4n) is 3.05. The SMILES string of the molecule is CCC1(C(=O)N[C@H]2CC[C@H](N)CC2)CCCN1. The third-order valence-electron chi connectivity index (χ3n) is 4.39. The van der Waals surface area contributed by atoms with Crippen LogP contribution >= 0.6 is 0 Å². The Morgan fingerprint density at radius 3 is 2.65 bits per heavy atom. The van der Waals surface area contributed by atoms with Gasteiger partial charge >= 0.3 is 0 Å². The lowest BCUT2D eigenvalue weighted by molar-refractivity contribution is -0.128. The van der Waals surface area contributed by atoms with Crippen molar-refractivity contribution in [3.63, 3.8) is 0 Å². The van der Waals surface area contributed by atoms with E-state index in [9.17, 15) is 4.79 Å². The predicted octanol–water partition coefficient (Wildman–Crippen LogP) is 0.905. The van der Waals surface area contributed by atoms with Crippen molar-refractivity contribution < 1.29 is 4.79 Å². The predicted molar refractivity (Wildman–Crippen MR) is 68.6 cm³/mol. The molecule has 0 aromatic rings. The topological polar surface area (TPSA) is 67.2 Å². The molecule has 1 saturated carbocycles. The Hall–Kier alpha value is -0.610. The van der Waals surface area contributed by atoms with E-state index in [1.165, 1.54) is 0 Å². The maximum absolute atomic E-state index is 12.3. The summed E-state index contributed by atoms with van der Waals surface area (Å²) in [6, 6.07) is 0.681. The largest absolute Gasteiger partial charge is 0.352 e. The summed E-state index contributed by atoms with van der Waals surface area (Å²) >= 11 is 0. The molecule has 1 aliphatic carbocycles. The third-order valence-corrected chi connectivity index (χ3v) is 4.39. The van der Waals surface area contributed by atoms with Crippen LogP contribution in [0.4, 0.5) is 0 Å². The molecule has 2 aliphatic rings. The summed E-state index contributed by atoms with van der Waals surface area (Å²) in [6.07, 6.45) is 7.11. The van der Waals surface area contributed by atoms with Gasteiger partial charge in [-0.3, -0.25) is 4.79 Å². The summed E-state index contributed by atoms with van der Waals surface area (Å²) in [5, 5.41) is 6.60. The monoisotopic (exact) mass is 239 g/mol. The molecule has 17 heavy (non-hydrogen) atoms. The van der Waals surface area contributed by atoms with Gasteiger partial charge in [0.25, 0.3) is 0 Å². The van der Waals surface area contributed by atoms with Gasteiger partial charge in [-0.1, -0.05) is 6.92 Å². The Kier molecular flexibility index (Phi) is 4.05. The number of rotatable bonds is 3. The molecular formula is C13H25N3O. The van der Waals surface area contributed by atoms with E-state index in [1.54, 1.807) is 0 Å². The number of nitrogens with two attached hydrogens (primary N) is 1. The highest BCUT2D eigenvalue weighted by Gasteiger charge is 2.39. The van der Waals surface area contributed by atoms with Gasteiger partial charge in [-0.25, -0.2) is 0 Å². The van der Waals surface area contributed by atoms with Gasteiger partial charge in [0.15, 0.2) is 0 Å². The zero-order valence-corrected chi connectivity index (χ0v) is 10.8. The first-order valence-electron chi connectivity index (χ1n) is 6.98. The fraction of sp³-hybridized carbons (Fsp3) is 0.923. The highest BCUT2D eigenvalue weighted by molar-refractivity contribution is 5.86. The van der Waals surface area contributed by atoms with Crippen LogP contribution in [0.3, 0.4) is 0 Å². The van der Waals surface area contributed by atoms with Crippen molar-refractivity contribution in [1.29, 1.82) is 0 Å². The molecule has 2 rings (SSSR count). The van der Waals surface area contributed by atoms with E-state index in [4.69, 9.17) is 5.73 Å². The first-order valence-corrected chi connectivity index (χ1v) is 6.98. The van der Waals surface area contributed by atoms with Gasteiger partial charge in [-0.2, -0.15) is 0 Å². The van der Waals surface area contributed by atoms with Crippen LogP contribution in [0.25, 0.3) is 0 Å². The molecule has 4 heteroatoms. The van der Waals surface area contributed by atoms with E-state index < -0.39 is 0 Å². The number of hydrogen-bond donors (Lipinski definition) is 3. The van der Waals surface area contributed by atoms with Crippen LogP contribution in [0.2, 0.25) is 0 Å². The van der Waals surface area contributed by atoms with E-state index in [0.29, 0.717) is 12.1 Å². The van der Waals surface area contributed by atoms with Crippen molar-refractivity contribution in [3.8, 4) is 0 Å². The normalized spacial score (nSPS) is 38.0. The second kappa shape index (κ2) is 5.36. The minimum Gasteiger partial charge on any atom is -0.352 e. The van der Waals surface area contributed by atoms with Gasteiger partial charge in [0.05, 0.1) is 5.54 Å². The van der Waals surface area contributed by atoms with E-state index in [1.807, 2.05) is 0 Å². The molecule has 4 nitrogen and oxygen atoms in total. The Labute approximate surface area is 104 Å². The number of hydrogen-bond acceptors (Lipinski definition) is 3. The van der Waals surface area contributed by atoms with E-state index in [2.05, 4.69) is 17.6 Å². The van der Waals surface area contributed by atoms with Crippen molar-refractivity contribution in [3.05, 3.63) is 0 Å². The summed E-state index contributed by atoms with van der Waals surface area (Å²) in [4.78, 5) is 12.3. The second-order valence-electron chi connectivity index (χ2n) is 5.55. The molecule has 1 amide bonds. The van der Waals surface area contributed by atoms with E-state index in [0.717, 1.165) is 51.5 Å². The molecule has 98 valence electrons. The zero-order chi connectivity index (χ0) is 12.3. The number of amides is 1. The Morgan fingerprint density at radius 1 is 1.41 bits per heavy atom. The average Bonchev–Trinajstić information content (AvgIpc) is 2.82. The lowest BCUT2D eigenvalue weighted by Crippen LogP contribution is -2.56. The molecule has 0 aromatic heterocycles. The zero-order valence-electron chi connectivity index (χ0n) is 10.8. The third kappa shape index (κ3) is 2.80. The highest BCUT2D eigenvalue weighted by atomic mass is 16.2. The minimum absolute atomic E-state index is 0.206. The van der Waals surface area contributed by atoms with Gasteiger partial charge in [0.1, 0.15) is 0 Å². The molecule has 1 atom stereocenters. The van der Waals surface area contributed by atoms with E-state index >= 15 is 0 Å². The smallest absolute Gasteiger partial charge is 0.240 e. The maximum Gasteiger partial charge on any atom is 0.240 e. The van der Waals surface area contributed by atoms with Crippen LogP contribution in [-0.4, -0.2) is 30.1 Å². The van der Waals surface area contributed by atoms with Crippen LogP contribution in [0.1, 0.15) is 51.9 Å². The Balaban J connectivity index is 1.87. The molecule has 1 unspecified atom stereocenters. The molecule has 1 heterocycles. The van der Waals surface area contributed by atoms with Gasteiger partial charge in [-0.15, -0.1) is 0 Å². The standard InChI is InChI=1S/C13H25N3O/c1-2-13(8-3-9-15-13)12(17)16-11-6-4-10(14)5-7-11/h10-11,15H,2-9,14H2,1H3,(H,16,17)/t10-,11-,13?. The molecule has 0 radical (unpaired) electrons. The van der Waals surface area contributed by atoms with Crippen LogP contribution < -0.4 is 16.4 Å². The molecule has 1 aliphatic heterocycles. The van der Waals surface area contributed by atoms with Crippen molar-refractivity contribution in [2.24, 2.45) is 5.73 Å². The molecule has 0 spiro atoms. The van der Waals surface area contributed by atoms with Gasteiger partial charge in [0, 0.05) is 12.1 Å². The van der Waals surface area contributed by atoms with Crippen molar-refractivity contribution in [2.45, 2.75) is 69.5 Å². The van der Waals surface area contributed by atoms with Crippen LogP contribution in [0.5, 0.6) is 0 Å². The number of carbonyl (C=O) groups excluding carboxylic acids is 1. The summed E-state index contributed by atoms with van der Waals surface area (Å²) in [5.41, 5.74) is 5.58. The first-order chi connectivity index (χ1) is 8.16. The van der Waals surface area contributed by atoms with Gasteiger partial charge in [-0.05, 0) is 51.5 Å². The molecule has 0 bridgehead atoms. The molecular weight excluding hydrogens is 214 g/mol. The maximum atomic E-state index is 12.3. The van der Waals surface area contributed by atoms with Gasteiger partial charge in [0.2, 0.25) is 5.91 Å². The average molecular weight is 239 g/mol. The highest BCUT2D eigenvalue weighted by Crippen LogP contribution is 2.24. The van der Waals surface area contributed by atoms with E-state index in [-0.39, 0.29) is 11.4 Å². The minimum atomic E-state index is -0.292. The first kappa shape index (κ1) is 12.8. The van der Waals surface area contributed by atoms with Crippen molar-refractivity contribution in [2.75, 3.05) is 6.54 Å². The lowest BCUT2D eigenvalue weighted by Gasteiger charge is -2.32. The quantitative estimate of drug-likeness (QED) is 0.685. The van der Waals surface area contributed by atoms with Crippen LogP contribution in [-0.2, 0) is 4.79 Å². The summed E-state index contributed by atoms with van der Waals surface area (Å²) < 4.78 is 0. The summed E-state index contributed by atoms with van der Waals surface area (Å²) in [5.74, 6) is 0.206. The van der Waals surface area contributed by atoms with Crippen molar-refractivity contribution in [1.82, 2.24) is 10.6 Å². The Bertz CT molecular complexity index is 266. The number of nitrogens with one attached hydrogen (secondary N) is 2. The lowest BCUT2D eigenvalue weighted by atomic mass is 9.89. The molecule has 4 N–H and O–H groups in total. The molecule has 0 aromatic carbocycles. The molecule has 2 fully saturated rings. The fourth-order valence-corrected chi connectivity index (χ4v) is 3.05. The van der Waals surface area contributed by atoms with Crippen LogP contribution in [0.15, 0.2) is 0 Å². The Morgan fingerprint density at radius 2 is 2.12 bits per heavy atom. The second-order valence-corrected chi connectivity index (χ2v) is 5.55.